The van der Waals surface area contributed by atoms with Crippen molar-refractivity contribution < 1.29 is 4.74 Å². The standard InChI is InChI=1S/C12H15N3OS/c1-8(2)16-10-6-4-5-9(7-10)11-13-12(17)15(3)14-11/h4-8H,1-3H3,(H,13,14,17). The van der Waals surface area contributed by atoms with Gasteiger partial charge in [0.05, 0.1) is 6.10 Å². The first-order valence-corrected chi connectivity index (χ1v) is 5.87. The van der Waals surface area contributed by atoms with Crippen LogP contribution in [0.25, 0.3) is 11.4 Å². The highest BCUT2D eigenvalue weighted by Gasteiger charge is 2.05. The zero-order chi connectivity index (χ0) is 12.4. The minimum Gasteiger partial charge on any atom is -0.491 e. The molecule has 0 aliphatic heterocycles. The molecule has 1 aromatic carbocycles. The predicted octanol–water partition coefficient (Wildman–Crippen LogP) is 2.93. The normalized spacial score (nSPS) is 10.8. The Labute approximate surface area is 105 Å². The van der Waals surface area contributed by atoms with Crippen LogP contribution in [0.15, 0.2) is 24.3 Å². The van der Waals surface area contributed by atoms with Crippen LogP contribution in [0.1, 0.15) is 13.8 Å². The lowest BCUT2D eigenvalue weighted by Crippen LogP contribution is -2.05. The first-order chi connectivity index (χ1) is 8.06. The summed E-state index contributed by atoms with van der Waals surface area (Å²) in [7, 11) is 1.84. The highest BCUT2D eigenvalue weighted by molar-refractivity contribution is 7.71. The lowest BCUT2D eigenvalue weighted by molar-refractivity contribution is 0.242. The fraction of sp³-hybridized carbons (Fsp3) is 0.333. The fourth-order valence-corrected chi connectivity index (χ4v) is 1.66. The highest BCUT2D eigenvalue weighted by Crippen LogP contribution is 2.21. The van der Waals surface area contributed by atoms with Gasteiger partial charge in [0.25, 0.3) is 0 Å². The Morgan fingerprint density at radius 3 is 2.76 bits per heavy atom. The van der Waals surface area contributed by atoms with Crippen LogP contribution in [0.2, 0.25) is 0 Å². The van der Waals surface area contributed by atoms with Crippen molar-refractivity contribution in [2.45, 2.75) is 20.0 Å². The second-order valence-electron chi connectivity index (χ2n) is 4.11. The molecule has 0 radical (unpaired) electrons. The topological polar surface area (TPSA) is 42.8 Å². The molecule has 5 heteroatoms. The van der Waals surface area contributed by atoms with Crippen molar-refractivity contribution in [3.63, 3.8) is 0 Å². The smallest absolute Gasteiger partial charge is 0.216 e. The molecule has 0 spiro atoms. The fourth-order valence-electron chi connectivity index (χ4n) is 1.52. The van der Waals surface area contributed by atoms with E-state index in [2.05, 4.69) is 10.1 Å². The Morgan fingerprint density at radius 2 is 2.18 bits per heavy atom. The molecule has 0 aliphatic rings. The van der Waals surface area contributed by atoms with E-state index in [1.165, 1.54) is 0 Å². The first kappa shape index (κ1) is 11.9. The Hall–Kier alpha value is -1.62. The van der Waals surface area contributed by atoms with E-state index >= 15 is 0 Å². The molecule has 1 heterocycles. The van der Waals surface area contributed by atoms with Gasteiger partial charge in [0.15, 0.2) is 5.82 Å². The maximum absolute atomic E-state index is 5.64. The molecule has 0 fully saturated rings. The maximum Gasteiger partial charge on any atom is 0.216 e. The molecule has 0 saturated carbocycles. The van der Waals surface area contributed by atoms with Gasteiger partial charge >= 0.3 is 0 Å². The van der Waals surface area contributed by atoms with Gasteiger partial charge in [-0.25, -0.2) is 0 Å². The number of hydrogen-bond donors (Lipinski definition) is 1. The number of hydrogen-bond acceptors (Lipinski definition) is 3. The Kier molecular flexibility index (Phi) is 3.28. The zero-order valence-corrected chi connectivity index (χ0v) is 10.9. The Balaban J connectivity index is 2.36. The number of H-pyrrole nitrogens is 1. The van der Waals surface area contributed by atoms with Crippen molar-refractivity contribution in [3.8, 4) is 17.1 Å². The molecule has 17 heavy (non-hydrogen) atoms. The number of aryl methyl sites for hydroxylation is 1. The molecule has 2 aromatic rings. The van der Waals surface area contributed by atoms with Gasteiger partial charge in [0, 0.05) is 12.6 Å². The SMILES string of the molecule is CC(C)Oc1cccc(-c2nc(=S)n(C)[nH]2)c1. The quantitative estimate of drug-likeness (QED) is 0.850. The predicted molar refractivity (Wildman–Crippen MR) is 69.6 cm³/mol. The molecule has 2 rings (SSSR count). The van der Waals surface area contributed by atoms with Crippen molar-refractivity contribution >= 4 is 12.2 Å². The van der Waals surface area contributed by atoms with Gasteiger partial charge in [-0.1, -0.05) is 12.1 Å². The third-order valence-electron chi connectivity index (χ3n) is 2.25. The number of benzene rings is 1. The van der Waals surface area contributed by atoms with Crippen LogP contribution < -0.4 is 4.74 Å². The van der Waals surface area contributed by atoms with Crippen molar-refractivity contribution in [1.82, 2.24) is 14.8 Å². The van der Waals surface area contributed by atoms with Crippen molar-refractivity contribution in [2.75, 3.05) is 0 Å². The average molecular weight is 249 g/mol. The molecule has 0 aliphatic carbocycles. The third kappa shape index (κ3) is 2.74. The molecule has 0 unspecified atom stereocenters. The van der Waals surface area contributed by atoms with Crippen molar-refractivity contribution in [3.05, 3.63) is 29.0 Å². The first-order valence-electron chi connectivity index (χ1n) is 5.46. The summed E-state index contributed by atoms with van der Waals surface area (Å²) in [6.45, 7) is 4.00. The van der Waals surface area contributed by atoms with Crippen LogP contribution in [0.4, 0.5) is 0 Å². The average Bonchev–Trinajstić information content (AvgIpc) is 2.59. The van der Waals surface area contributed by atoms with Crippen LogP contribution >= 0.6 is 12.2 Å². The van der Waals surface area contributed by atoms with Gasteiger partial charge in [-0.05, 0) is 38.2 Å². The number of nitrogens with one attached hydrogen (secondary N) is 1. The molecule has 1 N–H and O–H groups in total. The third-order valence-corrected chi connectivity index (χ3v) is 2.61. The van der Waals surface area contributed by atoms with Crippen LogP contribution in [-0.4, -0.2) is 20.9 Å². The lowest BCUT2D eigenvalue weighted by atomic mass is 10.2. The van der Waals surface area contributed by atoms with Crippen molar-refractivity contribution in [2.24, 2.45) is 7.05 Å². The van der Waals surface area contributed by atoms with E-state index in [0.29, 0.717) is 4.77 Å². The Bertz CT molecular complexity index is 571. The molecule has 0 bridgehead atoms. The van der Waals surface area contributed by atoms with Crippen LogP contribution in [-0.2, 0) is 7.05 Å². The summed E-state index contributed by atoms with van der Waals surface area (Å²) in [6.07, 6.45) is 0.160. The maximum atomic E-state index is 5.64. The zero-order valence-electron chi connectivity index (χ0n) is 10.1. The summed E-state index contributed by atoms with van der Waals surface area (Å²) in [6, 6.07) is 7.80. The number of nitrogens with zero attached hydrogens (tertiary/aromatic N) is 2. The second kappa shape index (κ2) is 4.71. The van der Waals surface area contributed by atoms with Gasteiger partial charge in [0.1, 0.15) is 5.75 Å². The molecule has 4 nitrogen and oxygen atoms in total. The van der Waals surface area contributed by atoms with Gasteiger partial charge in [-0.2, -0.15) is 4.98 Å². The van der Waals surface area contributed by atoms with E-state index in [9.17, 15) is 0 Å². The van der Waals surface area contributed by atoms with Gasteiger partial charge in [-0.15, -0.1) is 0 Å². The monoisotopic (exact) mass is 249 g/mol. The van der Waals surface area contributed by atoms with Crippen LogP contribution in [0.3, 0.4) is 0 Å². The van der Waals surface area contributed by atoms with E-state index in [1.807, 2.05) is 45.2 Å². The molecular formula is C12H15N3OS. The van der Waals surface area contributed by atoms with Gasteiger partial charge < -0.3 is 4.74 Å². The summed E-state index contributed by atoms with van der Waals surface area (Å²) in [4.78, 5) is 4.27. The summed E-state index contributed by atoms with van der Waals surface area (Å²) >= 11 is 5.07. The number of aromatic amines is 1. The number of aromatic nitrogens is 3. The molecule has 0 atom stereocenters. The molecule has 90 valence electrons. The number of ether oxygens (including phenoxy) is 1. The van der Waals surface area contributed by atoms with Gasteiger partial charge in [-0.3, -0.25) is 9.78 Å². The molecule has 1 aromatic heterocycles. The van der Waals surface area contributed by atoms with Crippen molar-refractivity contribution in [1.29, 1.82) is 0 Å². The largest absolute Gasteiger partial charge is 0.491 e. The van der Waals surface area contributed by atoms with E-state index < -0.39 is 0 Å². The molecule has 0 amide bonds. The van der Waals surface area contributed by atoms with E-state index in [1.54, 1.807) is 4.68 Å². The minimum absolute atomic E-state index is 0.160. The minimum atomic E-state index is 0.160. The van der Waals surface area contributed by atoms with E-state index in [0.717, 1.165) is 17.1 Å². The Morgan fingerprint density at radius 1 is 1.41 bits per heavy atom. The summed E-state index contributed by atoms with van der Waals surface area (Å²) in [5, 5.41) is 3.09. The van der Waals surface area contributed by atoms with E-state index in [4.69, 9.17) is 17.0 Å². The van der Waals surface area contributed by atoms with Gasteiger partial charge in [0.2, 0.25) is 4.77 Å². The molecule has 0 saturated heterocycles. The van der Waals surface area contributed by atoms with E-state index in [-0.39, 0.29) is 6.10 Å². The highest BCUT2D eigenvalue weighted by atomic mass is 32.1. The van der Waals surface area contributed by atoms with Crippen LogP contribution in [0.5, 0.6) is 5.75 Å². The van der Waals surface area contributed by atoms with Crippen LogP contribution in [0, 0.1) is 4.77 Å². The summed E-state index contributed by atoms with van der Waals surface area (Å²) in [5.41, 5.74) is 0.967. The summed E-state index contributed by atoms with van der Waals surface area (Å²) in [5.74, 6) is 1.59. The number of rotatable bonds is 3. The lowest BCUT2D eigenvalue weighted by Gasteiger charge is -2.09. The second-order valence-corrected chi connectivity index (χ2v) is 4.47. The summed E-state index contributed by atoms with van der Waals surface area (Å²) < 4.78 is 7.89. The molecular weight excluding hydrogens is 234 g/mol.